The number of esters is 1. The van der Waals surface area contributed by atoms with E-state index in [0.717, 1.165) is 12.8 Å². The zero-order valence-corrected chi connectivity index (χ0v) is 7.64. The van der Waals surface area contributed by atoms with Gasteiger partial charge in [-0.25, -0.2) is 0 Å². The molecule has 0 aromatic heterocycles. The SMILES string of the molecule is CC(=O)OCC1(CN)CCCC1. The van der Waals surface area contributed by atoms with Crippen molar-refractivity contribution >= 4 is 5.97 Å². The van der Waals surface area contributed by atoms with Crippen LogP contribution in [0.25, 0.3) is 0 Å². The van der Waals surface area contributed by atoms with E-state index in [1.165, 1.54) is 19.8 Å². The lowest BCUT2D eigenvalue weighted by Gasteiger charge is -2.25. The first kappa shape index (κ1) is 9.52. The Kier molecular flexibility index (Phi) is 3.09. The first-order valence-electron chi connectivity index (χ1n) is 4.52. The van der Waals surface area contributed by atoms with Gasteiger partial charge < -0.3 is 10.5 Å². The number of carbonyl (C=O) groups excluding carboxylic acids is 1. The van der Waals surface area contributed by atoms with Crippen LogP contribution in [0, 0.1) is 5.41 Å². The van der Waals surface area contributed by atoms with Gasteiger partial charge in [-0.05, 0) is 12.8 Å². The smallest absolute Gasteiger partial charge is 0.302 e. The Morgan fingerprint density at radius 2 is 2.08 bits per heavy atom. The van der Waals surface area contributed by atoms with E-state index in [0.29, 0.717) is 13.2 Å². The van der Waals surface area contributed by atoms with Crippen molar-refractivity contribution in [3.63, 3.8) is 0 Å². The Balaban J connectivity index is 2.39. The van der Waals surface area contributed by atoms with E-state index in [1.54, 1.807) is 0 Å². The lowest BCUT2D eigenvalue weighted by atomic mass is 9.87. The first-order valence-corrected chi connectivity index (χ1v) is 4.52. The molecule has 70 valence electrons. The molecule has 1 rings (SSSR count). The van der Waals surface area contributed by atoms with Gasteiger partial charge in [0.1, 0.15) is 0 Å². The monoisotopic (exact) mass is 171 g/mol. The minimum absolute atomic E-state index is 0.103. The predicted octanol–water partition coefficient (Wildman–Crippen LogP) is 1.07. The predicted molar refractivity (Wildman–Crippen MR) is 46.6 cm³/mol. The Morgan fingerprint density at radius 3 is 2.50 bits per heavy atom. The van der Waals surface area contributed by atoms with Crippen molar-refractivity contribution in [2.75, 3.05) is 13.2 Å². The van der Waals surface area contributed by atoms with E-state index < -0.39 is 0 Å². The van der Waals surface area contributed by atoms with Gasteiger partial charge >= 0.3 is 5.97 Å². The molecule has 0 aromatic rings. The van der Waals surface area contributed by atoms with E-state index in [4.69, 9.17) is 10.5 Å². The highest BCUT2D eigenvalue weighted by molar-refractivity contribution is 5.65. The highest BCUT2D eigenvalue weighted by Gasteiger charge is 2.33. The fourth-order valence-corrected chi connectivity index (χ4v) is 1.79. The van der Waals surface area contributed by atoms with E-state index in [9.17, 15) is 4.79 Å². The zero-order valence-electron chi connectivity index (χ0n) is 7.64. The first-order chi connectivity index (χ1) is 5.68. The van der Waals surface area contributed by atoms with Crippen molar-refractivity contribution in [2.45, 2.75) is 32.6 Å². The normalized spacial score (nSPS) is 20.8. The van der Waals surface area contributed by atoms with Crippen molar-refractivity contribution in [2.24, 2.45) is 11.1 Å². The van der Waals surface area contributed by atoms with Gasteiger partial charge in [0.25, 0.3) is 0 Å². The van der Waals surface area contributed by atoms with Crippen LogP contribution in [0.4, 0.5) is 0 Å². The molecule has 0 bridgehead atoms. The van der Waals surface area contributed by atoms with E-state index in [2.05, 4.69) is 0 Å². The Bertz CT molecular complexity index is 162. The van der Waals surface area contributed by atoms with Crippen LogP contribution in [-0.2, 0) is 9.53 Å². The van der Waals surface area contributed by atoms with Gasteiger partial charge in [-0.15, -0.1) is 0 Å². The Hall–Kier alpha value is -0.570. The fourth-order valence-electron chi connectivity index (χ4n) is 1.79. The van der Waals surface area contributed by atoms with E-state index >= 15 is 0 Å². The van der Waals surface area contributed by atoms with Crippen LogP contribution in [0.2, 0.25) is 0 Å². The van der Waals surface area contributed by atoms with Crippen molar-refractivity contribution in [3.8, 4) is 0 Å². The Labute approximate surface area is 73.3 Å². The largest absolute Gasteiger partial charge is 0.465 e. The maximum atomic E-state index is 10.6. The molecule has 12 heavy (non-hydrogen) atoms. The molecule has 0 amide bonds. The molecule has 1 aliphatic carbocycles. The molecule has 3 heteroatoms. The molecule has 1 saturated carbocycles. The molecule has 3 nitrogen and oxygen atoms in total. The van der Waals surface area contributed by atoms with E-state index in [1.807, 2.05) is 0 Å². The number of rotatable bonds is 3. The van der Waals surface area contributed by atoms with Crippen molar-refractivity contribution in [1.82, 2.24) is 0 Å². The second-order valence-corrected chi connectivity index (χ2v) is 3.69. The average Bonchev–Trinajstić information content (AvgIpc) is 2.50. The molecule has 0 aromatic carbocycles. The number of hydrogen-bond donors (Lipinski definition) is 1. The standard InChI is InChI=1S/C9H17NO2/c1-8(11)12-7-9(6-10)4-2-3-5-9/h2-7,10H2,1H3. The molecule has 1 aliphatic rings. The van der Waals surface area contributed by atoms with Gasteiger partial charge in [-0.1, -0.05) is 12.8 Å². The summed E-state index contributed by atoms with van der Waals surface area (Å²) < 4.78 is 5.00. The summed E-state index contributed by atoms with van der Waals surface area (Å²) >= 11 is 0. The summed E-state index contributed by atoms with van der Waals surface area (Å²) in [6.45, 7) is 2.60. The van der Waals surface area contributed by atoms with Gasteiger partial charge in [0.15, 0.2) is 0 Å². The molecular formula is C9H17NO2. The van der Waals surface area contributed by atoms with E-state index in [-0.39, 0.29) is 11.4 Å². The van der Waals surface area contributed by atoms with Gasteiger partial charge in [0.2, 0.25) is 0 Å². The van der Waals surface area contributed by atoms with Gasteiger partial charge in [-0.2, -0.15) is 0 Å². The van der Waals surface area contributed by atoms with Crippen molar-refractivity contribution < 1.29 is 9.53 Å². The summed E-state index contributed by atoms with van der Waals surface area (Å²) in [5, 5.41) is 0. The quantitative estimate of drug-likeness (QED) is 0.646. The summed E-state index contributed by atoms with van der Waals surface area (Å²) in [5.74, 6) is -0.199. The van der Waals surface area contributed by atoms with Gasteiger partial charge in [-0.3, -0.25) is 4.79 Å². The average molecular weight is 171 g/mol. The molecule has 0 atom stereocenters. The maximum Gasteiger partial charge on any atom is 0.302 e. The zero-order chi connectivity index (χ0) is 9.03. The fraction of sp³-hybridized carbons (Fsp3) is 0.889. The van der Waals surface area contributed by atoms with Crippen LogP contribution in [0.3, 0.4) is 0 Å². The van der Waals surface area contributed by atoms with Crippen LogP contribution in [0.15, 0.2) is 0 Å². The molecule has 1 fully saturated rings. The summed E-state index contributed by atoms with van der Waals surface area (Å²) in [4.78, 5) is 10.6. The maximum absolute atomic E-state index is 10.6. The van der Waals surface area contributed by atoms with Crippen LogP contribution < -0.4 is 5.73 Å². The third-order valence-electron chi connectivity index (χ3n) is 2.68. The minimum Gasteiger partial charge on any atom is -0.465 e. The highest BCUT2D eigenvalue weighted by atomic mass is 16.5. The summed E-state index contributed by atoms with van der Waals surface area (Å²) in [5.41, 5.74) is 5.77. The summed E-state index contributed by atoms with van der Waals surface area (Å²) in [6, 6.07) is 0. The van der Waals surface area contributed by atoms with Crippen LogP contribution >= 0.6 is 0 Å². The molecule has 0 unspecified atom stereocenters. The highest BCUT2D eigenvalue weighted by Crippen LogP contribution is 2.37. The molecule has 0 heterocycles. The third-order valence-corrected chi connectivity index (χ3v) is 2.68. The van der Waals surface area contributed by atoms with Crippen molar-refractivity contribution in [1.29, 1.82) is 0 Å². The van der Waals surface area contributed by atoms with Crippen molar-refractivity contribution in [3.05, 3.63) is 0 Å². The lowest BCUT2D eigenvalue weighted by molar-refractivity contribution is -0.144. The summed E-state index contributed by atoms with van der Waals surface area (Å²) in [6.07, 6.45) is 4.66. The second-order valence-electron chi connectivity index (χ2n) is 3.69. The molecule has 0 saturated heterocycles. The van der Waals surface area contributed by atoms with Crippen LogP contribution in [0.1, 0.15) is 32.6 Å². The van der Waals surface area contributed by atoms with Gasteiger partial charge in [0, 0.05) is 18.9 Å². The molecule has 0 aliphatic heterocycles. The number of hydrogen-bond acceptors (Lipinski definition) is 3. The third kappa shape index (κ3) is 2.21. The molecule has 0 spiro atoms. The molecular weight excluding hydrogens is 154 g/mol. The molecule has 2 N–H and O–H groups in total. The van der Waals surface area contributed by atoms with Crippen LogP contribution in [0.5, 0.6) is 0 Å². The number of carbonyl (C=O) groups is 1. The number of ether oxygens (including phenoxy) is 1. The topological polar surface area (TPSA) is 52.3 Å². The number of nitrogens with two attached hydrogens (primary N) is 1. The van der Waals surface area contributed by atoms with Crippen LogP contribution in [-0.4, -0.2) is 19.1 Å². The minimum atomic E-state index is -0.199. The summed E-state index contributed by atoms with van der Waals surface area (Å²) in [7, 11) is 0. The molecule has 0 radical (unpaired) electrons. The second kappa shape index (κ2) is 3.90. The lowest BCUT2D eigenvalue weighted by Crippen LogP contribution is -2.33. The Morgan fingerprint density at radius 1 is 1.50 bits per heavy atom. The van der Waals surface area contributed by atoms with Gasteiger partial charge in [0.05, 0.1) is 6.61 Å².